The summed E-state index contributed by atoms with van der Waals surface area (Å²) in [6.07, 6.45) is 2.71. The third kappa shape index (κ3) is 3.55. The van der Waals surface area contributed by atoms with Crippen molar-refractivity contribution in [3.05, 3.63) is 95.4 Å². The van der Waals surface area contributed by atoms with E-state index in [1.54, 1.807) is 6.26 Å². The monoisotopic (exact) mass is 346 g/mol. The molecule has 0 saturated heterocycles. The largest absolute Gasteiger partial charge is 0.468 e. The Hall–Kier alpha value is -2.85. The maximum absolute atomic E-state index is 12.4. The number of carbonyl (C=O) groups excluding carboxylic acids is 1. The predicted octanol–water partition coefficient (Wildman–Crippen LogP) is 3.81. The first-order chi connectivity index (χ1) is 12.8. The zero-order valence-electron chi connectivity index (χ0n) is 14.6. The van der Waals surface area contributed by atoms with Crippen LogP contribution >= 0.6 is 0 Å². The molecule has 4 rings (SSSR count). The molecule has 0 aliphatic carbocycles. The molecular formula is C22H22N2O2. The number of fused-ring (bicyclic) bond motifs is 1. The van der Waals surface area contributed by atoms with Crippen LogP contribution in [0.25, 0.3) is 0 Å². The second kappa shape index (κ2) is 7.58. The quantitative estimate of drug-likeness (QED) is 0.764. The van der Waals surface area contributed by atoms with E-state index < -0.39 is 0 Å². The summed E-state index contributed by atoms with van der Waals surface area (Å²) in [5.74, 6) is 0.831. The van der Waals surface area contributed by atoms with Gasteiger partial charge in [0.05, 0.1) is 12.3 Å². The van der Waals surface area contributed by atoms with E-state index in [9.17, 15) is 4.79 Å². The lowest BCUT2D eigenvalue weighted by Crippen LogP contribution is -2.40. The molecule has 1 N–H and O–H groups in total. The Morgan fingerprint density at radius 2 is 1.77 bits per heavy atom. The maximum Gasteiger partial charge on any atom is 0.251 e. The minimum atomic E-state index is -0.0560. The molecule has 1 aromatic heterocycles. The lowest BCUT2D eigenvalue weighted by Gasteiger charge is -2.34. The molecular weight excluding hydrogens is 324 g/mol. The number of carbonyl (C=O) groups is 1. The molecule has 1 atom stereocenters. The minimum absolute atomic E-state index is 0.0195. The molecule has 0 spiro atoms. The van der Waals surface area contributed by atoms with Gasteiger partial charge in [-0.05, 0) is 41.8 Å². The van der Waals surface area contributed by atoms with E-state index in [1.165, 1.54) is 11.1 Å². The van der Waals surface area contributed by atoms with Gasteiger partial charge in [-0.3, -0.25) is 9.69 Å². The van der Waals surface area contributed by atoms with E-state index in [-0.39, 0.29) is 11.9 Å². The van der Waals surface area contributed by atoms with Gasteiger partial charge in [0.2, 0.25) is 0 Å². The Bertz CT molecular complexity index is 859. The lowest BCUT2D eigenvalue weighted by atomic mass is 9.98. The Balaban J connectivity index is 1.50. The highest BCUT2D eigenvalue weighted by atomic mass is 16.3. The van der Waals surface area contributed by atoms with Gasteiger partial charge in [-0.15, -0.1) is 0 Å². The highest BCUT2D eigenvalue weighted by molar-refractivity contribution is 5.94. The fraction of sp³-hybridized carbons (Fsp3) is 0.227. The number of furan rings is 1. The molecule has 26 heavy (non-hydrogen) atoms. The SMILES string of the molecule is O=C(NC[C@@H](c1ccco1)N1CCc2ccccc2C1)c1ccccc1. The number of amides is 1. The summed E-state index contributed by atoms with van der Waals surface area (Å²) >= 11 is 0. The van der Waals surface area contributed by atoms with E-state index in [4.69, 9.17) is 4.42 Å². The van der Waals surface area contributed by atoms with Gasteiger partial charge in [0.1, 0.15) is 5.76 Å². The molecule has 1 aliphatic heterocycles. The highest BCUT2D eigenvalue weighted by Gasteiger charge is 2.27. The molecule has 0 fully saturated rings. The van der Waals surface area contributed by atoms with Crippen LogP contribution in [0.5, 0.6) is 0 Å². The van der Waals surface area contributed by atoms with Crippen molar-refractivity contribution >= 4 is 5.91 Å². The van der Waals surface area contributed by atoms with Crippen LogP contribution in [0, 0.1) is 0 Å². The minimum Gasteiger partial charge on any atom is -0.468 e. The molecule has 4 nitrogen and oxygen atoms in total. The van der Waals surface area contributed by atoms with Crippen molar-refractivity contribution in [1.82, 2.24) is 10.2 Å². The Labute approximate surface area is 153 Å². The number of hydrogen-bond donors (Lipinski definition) is 1. The van der Waals surface area contributed by atoms with E-state index in [0.717, 1.165) is 25.3 Å². The molecule has 2 heterocycles. The molecule has 1 aliphatic rings. The number of benzene rings is 2. The van der Waals surface area contributed by atoms with E-state index in [0.29, 0.717) is 12.1 Å². The molecule has 2 aromatic carbocycles. The van der Waals surface area contributed by atoms with Crippen molar-refractivity contribution in [2.45, 2.75) is 19.0 Å². The number of nitrogens with one attached hydrogen (secondary N) is 1. The average molecular weight is 346 g/mol. The van der Waals surface area contributed by atoms with Crippen LogP contribution in [0.2, 0.25) is 0 Å². The van der Waals surface area contributed by atoms with Crippen molar-refractivity contribution in [3.8, 4) is 0 Å². The topological polar surface area (TPSA) is 45.5 Å². The number of hydrogen-bond acceptors (Lipinski definition) is 3. The van der Waals surface area contributed by atoms with Crippen LogP contribution in [0.1, 0.15) is 33.3 Å². The summed E-state index contributed by atoms with van der Waals surface area (Å²) in [5.41, 5.74) is 3.44. The first-order valence-electron chi connectivity index (χ1n) is 8.99. The van der Waals surface area contributed by atoms with Crippen LogP contribution in [0.15, 0.2) is 77.4 Å². The molecule has 4 heteroatoms. The summed E-state index contributed by atoms with van der Waals surface area (Å²) in [5, 5.41) is 3.07. The van der Waals surface area contributed by atoms with Gasteiger partial charge in [0.15, 0.2) is 0 Å². The van der Waals surface area contributed by atoms with Gasteiger partial charge in [-0.2, -0.15) is 0 Å². The first-order valence-corrected chi connectivity index (χ1v) is 8.99. The fourth-order valence-electron chi connectivity index (χ4n) is 3.56. The zero-order chi connectivity index (χ0) is 17.8. The summed E-state index contributed by atoms with van der Waals surface area (Å²) < 4.78 is 5.68. The highest BCUT2D eigenvalue weighted by Crippen LogP contribution is 2.27. The maximum atomic E-state index is 12.4. The van der Waals surface area contributed by atoms with Crippen molar-refractivity contribution in [1.29, 1.82) is 0 Å². The fourth-order valence-corrected chi connectivity index (χ4v) is 3.56. The Kier molecular flexibility index (Phi) is 4.84. The standard InChI is InChI=1S/C22H22N2O2/c25-22(18-8-2-1-3-9-18)23-15-20(21-11-6-14-26-21)24-13-12-17-7-4-5-10-19(17)16-24/h1-11,14,20H,12-13,15-16H2,(H,23,25)/t20-/m0/s1. The summed E-state index contributed by atoms with van der Waals surface area (Å²) in [6.45, 7) is 2.33. The van der Waals surface area contributed by atoms with Crippen LogP contribution in [-0.2, 0) is 13.0 Å². The molecule has 0 saturated carbocycles. The van der Waals surface area contributed by atoms with Crippen LogP contribution in [-0.4, -0.2) is 23.9 Å². The Morgan fingerprint density at radius 3 is 2.54 bits per heavy atom. The molecule has 0 unspecified atom stereocenters. The second-order valence-electron chi connectivity index (χ2n) is 6.60. The van der Waals surface area contributed by atoms with Gasteiger partial charge in [-0.1, -0.05) is 42.5 Å². The van der Waals surface area contributed by atoms with Crippen LogP contribution in [0.3, 0.4) is 0 Å². The van der Waals surface area contributed by atoms with Crippen molar-refractivity contribution in [3.63, 3.8) is 0 Å². The van der Waals surface area contributed by atoms with E-state index >= 15 is 0 Å². The van der Waals surface area contributed by atoms with Crippen molar-refractivity contribution < 1.29 is 9.21 Å². The van der Waals surface area contributed by atoms with Crippen LogP contribution < -0.4 is 5.32 Å². The first kappa shape index (κ1) is 16.6. The average Bonchev–Trinajstić information content (AvgIpc) is 3.23. The van der Waals surface area contributed by atoms with Gasteiger partial charge in [0, 0.05) is 25.2 Å². The van der Waals surface area contributed by atoms with Gasteiger partial charge < -0.3 is 9.73 Å². The van der Waals surface area contributed by atoms with Crippen molar-refractivity contribution in [2.75, 3.05) is 13.1 Å². The van der Waals surface area contributed by atoms with Gasteiger partial charge in [0.25, 0.3) is 5.91 Å². The summed E-state index contributed by atoms with van der Waals surface area (Å²) in [4.78, 5) is 14.8. The third-order valence-electron chi connectivity index (χ3n) is 4.96. The molecule has 0 bridgehead atoms. The normalized spacial score (nSPS) is 15.2. The van der Waals surface area contributed by atoms with E-state index in [2.05, 4.69) is 34.5 Å². The third-order valence-corrected chi connectivity index (χ3v) is 4.96. The predicted molar refractivity (Wildman–Crippen MR) is 101 cm³/mol. The molecule has 0 radical (unpaired) electrons. The smallest absolute Gasteiger partial charge is 0.251 e. The summed E-state index contributed by atoms with van der Waals surface area (Å²) in [7, 11) is 0. The van der Waals surface area contributed by atoms with Gasteiger partial charge in [-0.25, -0.2) is 0 Å². The Morgan fingerprint density at radius 1 is 1.00 bits per heavy atom. The lowest BCUT2D eigenvalue weighted by molar-refractivity contribution is 0.0919. The van der Waals surface area contributed by atoms with Crippen LogP contribution in [0.4, 0.5) is 0 Å². The molecule has 132 valence electrons. The number of rotatable bonds is 5. The molecule has 1 amide bonds. The van der Waals surface area contributed by atoms with Crippen molar-refractivity contribution in [2.24, 2.45) is 0 Å². The molecule has 3 aromatic rings. The number of nitrogens with zero attached hydrogens (tertiary/aromatic N) is 1. The zero-order valence-corrected chi connectivity index (χ0v) is 14.6. The summed E-state index contributed by atoms with van der Waals surface area (Å²) in [6, 6.07) is 21.8. The second-order valence-corrected chi connectivity index (χ2v) is 6.60. The van der Waals surface area contributed by atoms with E-state index in [1.807, 2.05) is 42.5 Å². The van der Waals surface area contributed by atoms with Gasteiger partial charge >= 0.3 is 0 Å².